The minimum Gasteiger partial charge on any atom is -0.491 e. The number of ether oxygens (including phenoxy) is 1. The van der Waals surface area contributed by atoms with Crippen LogP contribution in [-0.2, 0) is 14.8 Å². The van der Waals surface area contributed by atoms with Crippen LogP contribution in [0.4, 0.5) is 13.2 Å². The van der Waals surface area contributed by atoms with E-state index in [0.29, 0.717) is 37.3 Å². The molecule has 4 rings (SSSR count). The van der Waals surface area contributed by atoms with Crippen molar-refractivity contribution in [2.45, 2.75) is 83.0 Å². The number of aliphatic hydroxyl groups excluding tert-OH is 2. The third-order valence-corrected chi connectivity index (χ3v) is 10.2. The van der Waals surface area contributed by atoms with Gasteiger partial charge in [-0.05, 0) is 99.6 Å². The first-order chi connectivity index (χ1) is 19.7. The lowest BCUT2D eigenvalue weighted by molar-refractivity contribution is -0.138. The predicted octanol–water partition coefficient (Wildman–Crippen LogP) is 3.85. The molecule has 2 heterocycles. The summed E-state index contributed by atoms with van der Waals surface area (Å²) in [5.74, 6) is 0.895. The normalized spacial score (nSPS) is 24.2. The summed E-state index contributed by atoms with van der Waals surface area (Å²) in [7, 11) is -3.77. The molecule has 2 fully saturated rings. The van der Waals surface area contributed by atoms with E-state index >= 15 is 0 Å². The number of benzene rings is 1. The number of nitrogens with zero attached hydrogens (tertiary/aromatic N) is 2. The van der Waals surface area contributed by atoms with Gasteiger partial charge in [0.15, 0.2) is 0 Å². The highest BCUT2D eigenvalue weighted by Gasteiger charge is 2.48. The van der Waals surface area contributed by atoms with Gasteiger partial charge in [0.2, 0.25) is 10.0 Å². The second kappa shape index (κ2) is 13.0. The van der Waals surface area contributed by atoms with Crippen molar-refractivity contribution in [3.8, 4) is 5.75 Å². The topological polar surface area (TPSA) is 129 Å². The summed E-state index contributed by atoms with van der Waals surface area (Å²) < 4.78 is 70.9. The average molecular weight is 616 g/mol. The van der Waals surface area contributed by atoms with Gasteiger partial charge in [0, 0.05) is 30.8 Å². The van der Waals surface area contributed by atoms with Crippen LogP contribution in [0.5, 0.6) is 5.75 Å². The number of carbonyl (C=O) groups excluding carboxylic acids is 1. The minimum atomic E-state index is -4.14. The molecule has 1 atom stereocenters. The van der Waals surface area contributed by atoms with Crippen LogP contribution in [0.2, 0.25) is 0 Å². The van der Waals surface area contributed by atoms with E-state index in [-0.39, 0.29) is 56.7 Å². The van der Waals surface area contributed by atoms with Gasteiger partial charge in [-0.1, -0.05) is 0 Å². The second-order valence-electron chi connectivity index (χ2n) is 11.7. The number of piperidine rings is 1. The molecule has 1 amide bonds. The maximum absolute atomic E-state index is 13.2. The molecule has 0 aromatic heterocycles. The summed E-state index contributed by atoms with van der Waals surface area (Å²) in [6.45, 7) is 3.44. The largest absolute Gasteiger partial charge is 0.491 e. The van der Waals surface area contributed by atoms with Crippen molar-refractivity contribution in [3.05, 3.63) is 34.2 Å². The molecule has 1 aromatic rings. The van der Waals surface area contributed by atoms with Crippen molar-refractivity contribution in [3.63, 3.8) is 0 Å². The minimum absolute atomic E-state index is 0.00294. The maximum Gasteiger partial charge on any atom is 0.389 e. The summed E-state index contributed by atoms with van der Waals surface area (Å²) in [6.07, 6.45) is -1.03. The first kappa shape index (κ1) is 32.4. The molecule has 1 saturated heterocycles. The molecule has 13 heteroatoms. The third kappa shape index (κ3) is 7.91. The molecule has 0 radical (unpaired) electrons. The fraction of sp³-hybridized carbons (Fsp3) is 0.655. The van der Waals surface area contributed by atoms with Crippen molar-refractivity contribution in [2.24, 2.45) is 16.8 Å². The molecule has 1 saturated carbocycles. The Morgan fingerprint density at radius 2 is 1.79 bits per heavy atom. The Bertz CT molecular complexity index is 1270. The molecule has 0 bridgehead atoms. The van der Waals surface area contributed by atoms with Gasteiger partial charge in [0.1, 0.15) is 29.8 Å². The van der Waals surface area contributed by atoms with Gasteiger partial charge in [0.25, 0.3) is 5.91 Å². The van der Waals surface area contributed by atoms with E-state index in [1.54, 1.807) is 18.2 Å². The van der Waals surface area contributed by atoms with Crippen molar-refractivity contribution >= 4 is 27.8 Å². The average Bonchev–Trinajstić information content (AvgIpc) is 3.25. The van der Waals surface area contributed by atoms with E-state index < -0.39 is 40.9 Å². The van der Waals surface area contributed by atoms with E-state index in [0.717, 1.165) is 22.1 Å². The molecule has 1 aromatic carbocycles. The lowest BCUT2D eigenvalue weighted by atomic mass is 9.79. The van der Waals surface area contributed by atoms with Gasteiger partial charge in [-0.25, -0.2) is 8.42 Å². The fourth-order valence-electron chi connectivity index (χ4n) is 6.04. The highest BCUT2D eigenvalue weighted by Crippen LogP contribution is 2.38. The number of carbonyl (C=O) groups is 1. The van der Waals surface area contributed by atoms with Crippen molar-refractivity contribution in [2.75, 3.05) is 26.3 Å². The number of aliphatic hydroxyl groups is 2. The second-order valence-corrected chi connectivity index (χ2v) is 13.5. The predicted molar refractivity (Wildman–Crippen MR) is 152 cm³/mol. The first-order valence-corrected chi connectivity index (χ1v) is 15.9. The molecule has 0 unspecified atom stereocenters. The zero-order valence-corrected chi connectivity index (χ0v) is 24.8. The molecule has 234 valence electrons. The summed E-state index contributed by atoms with van der Waals surface area (Å²) in [5.41, 5.74) is 1.28. The van der Waals surface area contributed by atoms with Crippen LogP contribution in [-0.4, -0.2) is 78.8 Å². The molecule has 9 nitrogen and oxygen atoms in total. The Balaban J connectivity index is 1.34. The van der Waals surface area contributed by atoms with E-state index in [9.17, 15) is 31.5 Å². The van der Waals surface area contributed by atoms with Crippen molar-refractivity contribution in [1.82, 2.24) is 9.62 Å². The number of alkyl halides is 3. The Morgan fingerprint density at radius 3 is 2.36 bits per heavy atom. The van der Waals surface area contributed by atoms with Crippen molar-refractivity contribution < 1.29 is 41.3 Å². The summed E-state index contributed by atoms with van der Waals surface area (Å²) in [6, 6.07) is 3.47. The summed E-state index contributed by atoms with van der Waals surface area (Å²) >= 11 is 0. The molecule has 2 aliphatic heterocycles. The van der Waals surface area contributed by atoms with Crippen LogP contribution in [0.3, 0.4) is 0 Å². The molecular weight excluding hydrogens is 575 g/mol. The van der Waals surface area contributed by atoms with Crippen LogP contribution in [0.15, 0.2) is 22.5 Å². The monoisotopic (exact) mass is 615 g/mol. The quantitative estimate of drug-likeness (QED) is 0.367. The number of sulfonamides is 1. The van der Waals surface area contributed by atoms with E-state index in [1.165, 1.54) is 4.31 Å². The summed E-state index contributed by atoms with van der Waals surface area (Å²) in [4.78, 5) is 17.7. The van der Waals surface area contributed by atoms with Crippen LogP contribution in [0.25, 0.3) is 6.08 Å². The van der Waals surface area contributed by atoms with Gasteiger partial charge in [-0.15, -0.1) is 0 Å². The van der Waals surface area contributed by atoms with E-state index in [1.807, 2.05) is 13.8 Å². The number of halogens is 3. The third-order valence-electron chi connectivity index (χ3n) is 8.60. The Morgan fingerprint density at radius 1 is 1.17 bits per heavy atom. The van der Waals surface area contributed by atoms with Gasteiger partial charge in [0.05, 0.1) is 6.61 Å². The van der Waals surface area contributed by atoms with Gasteiger partial charge in [-0.2, -0.15) is 17.5 Å². The van der Waals surface area contributed by atoms with E-state index in [2.05, 4.69) is 5.32 Å². The number of hydrogen-bond acceptors (Lipinski definition) is 7. The number of hydrogen-bond donors (Lipinski definition) is 3. The molecule has 1 aliphatic carbocycles. The highest BCUT2D eigenvalue weighted by atomic mass is 32.2. The zero-order valence-electron chi connectivity index (χ0n) is 24.0. The van der Waals surface area contributed by atoms with Gasteiger partial charge in [-0.3, -0.25) is 9.79 Å². The molecule has 3 aliphatic rings. The molecule has 1 spiro atoms. The smallest absolute Gasteiger partial charge is 0.389 e. The fourth-order valence-corrected chi connectivity index (χ4v) is 7.22. The number of aliphatic imine (C=N–C) groups is 1. The summed E-state index contributed by atoms with van der Waals surface area (Å²) in [5, 5.41) is 22.5. The number of amides is 1. The standard InChI is InChI=1S/C29H40F3N3O6S/c1-19-15-24(41-18-23(37)17-36)16-20(2)25(19)8-14-42(39,40)35-12-10-28(11-13-35)27(38)33-26(34-28)22-5-3-21(4-6-22)7-9-29(30,31)32/h8,14-16,21-23,36-37H,3-7,9-13,17-18H2,1-2H3,(H,33,34,38)/b14-8+/t21?,22?,23-/m1/s1. The molecule has 3 N–H and O–H groups in total. The van der Waals surface area contributed by atoms with Crippen LogP contribution in [0.1, 0.15) is 68.1 Å². The Kier molecular flexibility index (Phi) is 10.1. The number of rotatable bonds is 10. The maximum atomic E-state index is 13.2. The molecular formula is C29H40F3N3O6S. The first-order valence-electron chi connectivity index (χ1n) is 14.4. The van der Waals surface area contributed by atoms with Gasteiger partial charge >= 0.3 is 6.18 Å². The zero-order chi connectivity index (χ0) is 30.7. The molecule has 42 heavy (non-hydrogen) atoms. The SMILES string of the molecule is Cc1cc(OC[C@H](O)CO)cc(C)c1/C=C/S(=O)(=O)N1CCC2(CC1)N=C(C1CCC(CCC(F)(F)F)CC1)NC2=O. The van der Waals surface area contributed by atoms with Crippen LogP contribution in [0, 0.1) is 25.7 Å². The number of nitrogens with one attached hydrogen (secondary N) is 1. The Labute approximate surface area is 244 Å². The van der Waals surface area contributed by atoms with Crippen molar-refractivity contribution in [1.29, 1.82) is 0 Å². The highest BCUT2D eigenvalue weighted by molar-refractivity contribution is 7.92. The number of aryl methyl sites for hydroxylation is 2. The van der Waals surface area contributed by atoms with Crippen LogP contribution < -0.4 is 10.1 Å². The van der Waals surface area contributed by atoms with E-state index in [4.69, 9.17) is 14.8 Å². The van der Waals surface area contributed by atoms with Gasteiger partial charge < -0.3 is 20.3 Å². The Hall–Kier alpha value is -2.48. The van der Waals surface area contributed by atoms with Crippen LogP contribution >= 0.6 is 0 Å². The number of amidine groups is 1. The lowest BCUT2D eigenvalue weighted by Gasteiger charge is -2.34. The lowest BCUT2D eigenvalue weighted by Crippen LogP contribution is -2.50.